The SMILES string of the molecule is COC(=O)[C@H](C)N[PH](=O)Oc1cccc(OC[C@H]2O[C@@](C#N)(c3ccc4c(N)ncnn34)[C@H](O)[C@@H]2O)c1. The van der Waals surface area contributed by atoms with E-state index in [4.69, 9.17) is 19.7 Å². The van der Waals surface area contributed by atoms with Gasteiger partial charge in [0.15, 0.2) is 5.82 Å². The molecule has 1 unspecified atom stereocenters. The van der Waals surface area contributed by atoms with E-state index < -0.39 is 44.1 Å². The predicted molar refractivity (Wildman–Crippen MR) is 128 cm³/mol. The normalized spacial score (nSPS) is 24.8. The maximum Gasteiger partial charge on any atom is 0.323 e. The van der Waals surface area contributed by atoms with Crippen LogP contribution < -0.4 is 20.1 Å². The summed E-state index contributed by atoms with van der Waals surface area (Å²) in [5.74, 6) is 0.0552. The number of hydrogen-bond acceptors (Lipinski definition) is 12. The molecule has 1 aromatic carbocycles. The summed E-state index contributed by atoms with van der Waals surface area (Å²) in [6.07, 6.45) is -2.98. The number of ether oxygens (including phenoxy) is 3. The van der Waals surface area contributed by atoms with Gasteiger partial charge in [-0.05, 0) is 31.2 Å². The lowest BCUT2D eigenvalue weighted by molar-refractivity contribution is -0.142. The molecule has 6 atom stereocenters. The summed E-state index contributed by atoms with van der Waals surface area (Å²) in [6.45, 7) is 1.25. The van der Waals surface area contributed by atoms with E-state index in [1.54, 1.807) is 18.2 Å². The largest absolute Gasteiger partial charge is 0.491 e. The van der Waals surface area contributed by atoms with E-state index in [9.17, 15) is 24.8 Å². The lowest BCUT2D eigenvalue weighted by Crippen LogP contribution is -2.41. The molecule has 1 fully saturated rings. The van der Waals surface area contributed by atoms with Gasteiger partial charge >= 0.3 is 14.1 Å². The van der Waals surface area contributed by atoms with Crippen LogP contribution in [0.2, 0.25) is 0 Å². The van der Waals surface area contributed by atoms with Crippen molar-refractivity contribution in [3.05, 3.63) is 48.4 Å². The molecule has 0 amide bonds. The van der Waals surface area contributed by atoms with Gasteiger partial charge in [0.25, 0.3) is 0 Å². The summed E-state index contributed by atoms with van der Waals surface area (Å²) in [5, 5.41) is 38.1. The molecule has 0 bridgehead atoms. The van der Waals surface area contributed by atoms with E-state index in [-0.39, 0.29) is 29.6 Å². The number of rotatable bonds is 9. The van der Waals surface area contributed by atoms with Crippen molar-refractivity contribution in [1.82, 2.24) is 19.7 Å². The van der Waals surface area contributed by atoms with E-state index in [2.05, 4.69) is 19.9 Å². The Kier molecular flexibility index (Phi) is 7.63. The van der Waals surface area contributed by atoms with E-state index >= 15 is 0 Å². The number of anilines is 1. The van der Waals surface area contributed by atoms with Crippen LogP contribution in [0.4, 0.5) is 5.82 Å². The average molecular weight is 532 g/mol. The van der Waals surface area contributed by atoms with Crippen LogP contribution in [0.25, 0.3) is 5.52 Å². The molecule has 37 heavy (non-hydrogen) atoms. The molecule has 1 aliphatic heterocycles. The number of methoxy groups -OCH3 is 1. The first-order chi connectivity index (χ1) is 17.7. The first-order valence-electron chi connectivity index (χ1n) is 11.0. The second kappa shape index (κ2) is 10.7. The van der Waals surface area contributed by atoms with Gasteiger partial charge in [-0.3, -0.25) is 9.36 Å². The van der Waals surface area contributed by atoms with Crippen molar-refractivity contribution >= 4 is 25.5 Å². The van der Waals surface area contributed by atoms with Crippen molar-refractivity contribution in [2.75, 3.05) is 19.5 Å². The minimum atomic E-state index is -2.83. The molecule has 2 aromatic heterocycles. The lowest BCUT2D eigenvalue weighted by Gasteiger charge is -2.24. The van der Waals surface area contributed by atoms with Crippen LogP contribution in [-0.2, 0) is 24.4 Å². The molecule has 0 saturated carbocycles. The van der Waals surface area contributed by atoms with Gasteiger partial charge in [-0.2, -0.15) is 10.4 Å². The number of carbonyl (C=O) groups excluding carboxylic acids is 1. The van der Waals surface area contributed by atoms with Crippen LogP contribution in [0.3, 0.4) is 0 Å². The summed E-state index contributed by atoms with van der Waals surface area (Å²) >= 11 is 0. The third-order valence-electron chi connectivity index (χ3n) is 5.81. The Hall–Kier alpha value is -3.73. The number of nitrogens with one attached hydrogen (secondary N) is 1. The number of aliphatic hydroxyl groups excluding tert-OH is 2. The molecule has 0 radical (unpaired) electrons. The molecule has 0 spiro atoms. The highest BCUT2D eigenvalue weighted by atomic mass is 31.1. The standard InChI is InChI=1S/C22H25N6O8P/c1-12(21(31)33-2)27-37(32)36-14-5-3-4-13(8-14)34-9-16-18(29)19(30)22(10-23,35-16)17-7-6-15-20(24)25-11-26-28(15)17/h3-8,11-12,16,18-19,29-30,37H,9H2,1-2H3,(H,27,32)(H2,24,25,26)/t12-,16+,18+,19+,22-/m0/s1. The van der Waals surface area contributed by atoms with E-state index in [1.165, 1.54) is 43.1 Å². The molecular formula is C22H25N6O8P. The zero-order chi connectivity index (χ0) is 26.7. The molecule has 4 rings (SSSR count). The van der Waals surface area contributed by atoms with Crippen LogP contribution in [0.1, 0.15) is 12.6 Å². The quantitative estimate of drug-likeness (QED) is 0.214. The smallest absolute Gasteiger partial charge is 0.323 e. The van der Waals surface area contributed by atoms with Crippen molar-refractivity contribution in [3.8, 4) is 17.6 Å². The molecule has 5 N–H and O–H groups in total. The molecule has 15 heteroatoms. The Bertz CT molecular complexity index is 1360. The second-order valence-electron chi connectivity index (χ2n) is 8.16. The van der Waals surface area contributed by atoms with E-state index in [0.717, 1.165) is 0 Å². The van der Waals surface area contributed by atoms with Crippen LogP contribution in [0, 0.1) is 11.3 Å². The minimum absolute atomic E-state index is 0.168. The van der Waals surface area contributed by atoms with Gasteiger partial charge in [0.2, 0.25) is 5.60 Å². The van der Waals surface area contributed by atoms with Crippen LogP contribution in [-0.4, -0.2) is 68.9 Å². The number of nitriles is 1. The number of aliphatic hydroxyl groups is 2. The van der Waals surface area contributed by atoms with E-state index in [0.29, 0.717) is 5.52 Å². The van der Waals surface area contributed by atoms with Gasteiger partial charge in [-0.15, -0.1) is 0 Å². The number of nitrogens with two attached hydrogens (primary N) is 1. The highest BCUT2D eigenvalue weighted by Crippen LogP contribution is 2.40. The summed E-state index contributed by atoms with van der Waals surface area (Å²) in [6, 6.07) is 10.4. The van der Waals surface area contributed by atoms with Gasteiger partial charge in [-0.1, -0.05) is 6.07 Å². The van der Waals surface area contributed by atoms with Crippen LogP contribution in [0.15, 0.2) is 42.7 Å². The molecule has 0 aliphatic carbocycles. The Balaban J connectivity index is 1.45. The lowest BCUT2D eigenvalue weighted by atomic mass is 9.92. The summed E-state index contributed by atoms with van der Waals surface area (Å²) in [4.78, 5) is 15.4. The number of carbonyl (C=O) groups is 1. The van der Waals surface area contributed by atoms with Gasteiger partial charge in [0.1, 0.15) is 60.4 Å². The number of nitrogens with zero attached hydrogens (tertiary/aromatic N) is 4. The highest BCUT2D eigenvalue weighted by molar-refractivity contribution is 7.37. The van der Waals surface area contributed by atoms with Crippen molar-refractivity contribution in [2.45, 2.75) is 36.9 Å². The molecule has 1 aliphatic rings. The van der Waals surface area contributed by atoms with Crippen LogP contribution >= 0.6 is 8.18 Å². The van der Waals surface area contributed by atoms with Crippen molar-refractivity contribution in [1.29, 1.82) is 5.26 Å². The fourth-order valence-corrected chi connectivity index (χ4v) is 4.78. The first kappa shape index (κ1) is 26.3. The molecule has 3 heterocycles. The number of hydrogen-bond donors (Lipinski definition) is 4. The fourth-order valence-electron chi connectivity index (χ4n) is 3.91. The molecule has 3 aromatic rings. The zero-order valence-corrected chi connectivity index (χ0v) is 20.8. The zero-order valence-electron chi connectivity index (χ0n) is 19.8. The Morgan fingerprint density at radius 3 is 2.86 bits per heavy atom. The van der Waals surface area contributed by atoms with Gasteiger partial charge in [0, 0.05) is 6.07 Å². The maximum absolute atomic E-state index is 12.2. The number of esters is 1. The summed E-state index contributed by atoms with van der Waals surface area (Å²) in [7, 11) is -1.62. The van der Waals surface area contributed by atoms with Crippen molar-refractivity contribution < 1.29 is 38.3 Å². The predicted octanol–water partition coefficient (Wildman–Crippen LogP) is 0.150. The molecule has 14 nitrogen and oxygen atoms in total. The number of fused-ring (bicyclic) bond motifs is 1. The first-order valence-corrected chi connectivity index (χ1v) is 12.3. The minimum Gasteiger partial charge on any atom is -0.491 e. The number of aromatic nitrogens is 3. The Morgan fingerprint density at radius 2 is 2.14 bits per heavy atom. The Morgan fingerprint density at radius 1 is 1.38 bits per heavy atom. The van der Waals surface area contributed by atoms with Gasteiger partial charge in [0.05, 0.1) is 12.8 Å². The van der Waals surface area contributed by atoms with E-state index in [1.807, 2.05) is 6.07 Å². The molecule has 196 valence electrons. The molecule has 1 saturated heterocycles. The van der Waals surface area contributed by atoms with Gasteiger partial charge < -0.3 is 34.7 Å². The second-order valence-corrected chi connectivity index (χ2v) is 9.23. The van der Waals surface area contributed by atoms with Crippen molar-refractivity contribution in [3.63, 3.8) is 0 Å². The topological polar surface area (TPSA) is 204 Å². The third kappa shape index (κ3) is 5.08. The van der Waals surface area contributed by atoms with Gasteiger partial charge in [-0.25, -0.2) is 14.6 Å². The highest BCUT2D eigenvalue weighted by Gasteiger charge is 2.57. The summed E-state index contributed by atoms with van der Waals surface area (Å²) in [5.41, 5.74) is 4.48. The third-order valence-corrected chi connectivity index (χ3v) is 6.90. The monoisotopic (exact) mass is 532 g/mol. The average Bonchev–Trinajstić information content (AvgIpc) is 3.43. The number of nitrogen functional groups attached to an aromatic ring is 1. The molecular weight excluding hydrogens is 507 g/mol. The number of benzene rings is 1. The van der Waals surface area contributed by atoms with Crippen LogP contribution in [0.5, 0.6) is 11.5 Å². The summed E-state index contributed by atoms with van der Waals surface area (Å²) < 4.78 is 35.0. The van der Waals surface area contributed by atoms with Crippen molar-refractivity contribution in [2.24, 2.45) is 0 Å². The Labute approximate surface area is 211 Å². The maximum atomic E-state index is 12.2. The fraction of sp³-hybridized carbons (Fsp3) is 0.364.